The van der Waals surface area contributed by atoms with Crippen molar-refractivity contribution >= 4 is 27.8 Å². The first kappa shape index (κ1) is 10.6. The largest absolute Gasteiger partial charge is 0.359 e. The highest BCUT2D eigenvalue weighted by Crippen LogP contribution is 1.85. The standard InChI is InChI=1S/C3H7ClN2O4S/c4-1-2(5)3(7)6-11(8,9)10/h2H,1,5H2,(H,6,7)(H,8,9,10)/t2-/m0/s1. The summed E-state index contributed by atoms with van der Waals surface area (Å²) in [7, 11) is -4.52. The predicted molar refractivity (Wildman–Crippen MR) is 38.4 cm³/mol. The van der Waals surface area contributed by atoms with Crippen LogP contribution in [0.15, 0.2) is 0 Å². The van der Waals surface area contributed by atoms with Crippen LogP contribution in [0.5, 0.6) is 0 Å². The highest BCUT2D eigenvalue weighted by atomic mass is 35.5. The summed E-state index contributed by atoms with van der Waals surface area (Å²) in [6, 6.07) is -1.14. The van der Waals surface area contributed by atoms with Crippen molar-refractivity contribution < 1.29 is 17.8 Å². The molecule has 8 heteroatoms. The summed E-state index contributed by atoms with van der Waals surface area (Å²) < 4.78 is 29.3. The molecule has 0 aliphatic carbocycles. The Morgan fingerprint density at radius 2 is 2.18 bits per heavy atom. The average molecular weight is 203 g/mol. The highest BCUT2D eigenvalue weighted by Gasteiger charge is 2.16. The molecular weight excluding hydrogens is 196 g/mol. The molecule has 1 atom stereocenters. The molecule has 0 heterocycles. The van der Waals surface area contributed by atoms with Gasteiger partial charge >= 0.3 is 10.3 Å². The molecule has 11 heavy (non-hydrogen) atoms. The van der Waals surface area contributed by atoms with Gasteiger partial charge in [0.05, 0.1) is 6.04 Å². The molecule has 1 amide bonds. The minimum Gasteiger partial charge on any atom is -0.319 e. The maximum absolute atomic E-state index is 10.5. The van der Waals surface area contributed by atoms with Crippen molar-refractivity contribution in [1.82, 2.24) is 4.72 Å². The quantitative estimate of drug-likeness (QED) is 0.380. The van der Waals surface area contributed by atoms with Crippen molar-refractivity contribution in [2.24, 2.45) is 5.73 Å². The van der Waals surface area contributed by atoms with Crippen LogP contribution >= 0.6 is 11.6 Å². The zero-order valence-corrected chi connectivity index (χ0v) is 6.89. The molecule has 0 unspecified atom stereocenters. The number of hydrogen-bond donors (Lipinski definition) is 3. The lowest BCUT2D eigenvalue weighted by atomic mass is 10.4. The fourth-order valence-corrected chi connectivity index (χ4v) is 0.819. The molecular formula is C3H7ClN2O4S. The first-order valence-corrected chi connectivity index (χ1v) is 4.45. The van der Waals surface area contributed by atoms with Gasteiger partial charge in [0.25, 0.3) is 5.91 Å². The van der Waals surface area contributed by atoms with Crippen molar-refractivity contribution in [3.63, 3.8) is 0 Å². The molecule has 0 aliphatic heterocycles. The summed E-state index contributed by atoms with van der Waals surface area (Å²) in [4.78, 5) is 10.5. The molecule has 0 bridgehead atoms. The number of rotatable bonds is 3. The lowest BCUT2D eigenvalue weighted by Gasteiger charge is -2.05. The third-order valence-corrected chi connectivity index (χ3v) is 1.52. The van der Waals surface area contributed by atoms with Crippen LogP contribution < -0.4 is 10.5 Å². The lowest BCUT2D eigenvalue weighted by molar-refractivity contribution is -0.120. The monoisotopic (exact) mass is 202 g/mol. The van der Waals surface area contributed by atoms with Gasteiger partial charge in [-0.1, -0.05) is 0 Å². The van der Waals surface area contributed by atoms with Gasteiger partial charge in [0.2, 0.25) is 0 Å². The van der Waals surface area contributed by atoms with Gasteiger partial charge in [-0.05, 0) is 0 Å². The minimum absolute atomic E-state index is 0.221. The Balaban J connectivity index is 4.10. The molecule has 0 fully saturated rings. The zero-order chi connectivity index (χ0) is 9.07. The number of nitrogens with one attached hydrogen (secondary N) is 1. The number of alkyl halides is 1. The van der Waals surface area contributed by atoms with Crippen LogP contribution in [0.2, 0.25) is 0 Å². The summed E-state index contributed by atoms with van der Waals surface area (Å²) in [5.74, 6) is -1.26. The summed E-state index contributed by atoms with van der Waals surface area (Å²) in [6.07, 6.45) is 0. The van der Waals surface area contributed by atoms with E-state index in [0.717, 1.165) is 0 Å². The second kappa shape index (κ2) is 3.86. The number of hydrogen-bond acceptors (Lipinski definition) is 4. The Kier molecular flexibility index (Phi) is 3.73. The fraction of sp³-hybridized carbons (Fsp3) is 0.667. The van der Waals surface area contributed by atoms with Crippen molar-refractivity contribution in [2.45, 2.75) is 6.04 Å². The van der Waals surface area contributed by atoms with Gasteiger partial charge in [0.15, 0.2) is 0 Å². The summed E-state index contributed by atoms with van der Waals surface area (Å²) in [5, 5.41) is 0. The number of amides is 1. The number of carbonyl (C=O) groups is 1. The third kappa shape index (κ3) is 4.96. The van der Waals surface area contributed by atoms with Crippen LogP contribution in [0, 0.1) is 0 Å². The van der Waals surface area contributed by atoms with E-state index in [9.17, 15) is 13.2 Å². The predicted octanol–water partition coefficient (Wildman–Crippen LogP) is -1.53. The van der Waals surface area contributed by atoms with E-state index < -0.39 is 22.3 Å². The molecule has 6 nitrogen and oxygen atoms in total. The molecule has 0 spiro atoms. The summed E-state index contributed by atoms with van der Waals surface area (Å²) in [6.45, 7) is 0. The van der Waals surface area contributed by atoms with Crippen LogP contribution in [0.3, 0.4) is 0 Å². The maximum atomic E-state index is 10.5. The normalized spacial score (nSPS) is 14.1. The molecule has 0 aromatic carbocycles. The van der Waals surface area contributed by atoms with E-state index in [4.69, 9.17) is 21.9 Å². The second-order valence-electron chi connectivity index (χ2n) is 1.70. The Bertz CT molecular complexity index is 238. The smallest absolute Gasteiger partial charge is 0.319 e. The van der Waals surface area contributed by atoms with Crippen molar-refractivity contribution in [3.8, 4) is 0 Å². The number of nitrogens with two attached hydrogens (primary N) is 1. The fourth-order valence-electron chi connectivity index (χ4n) is 0.273. The van der Waals surface area contributed by atoms with Gasteiger partial charge in [-0.25, -0.2) is 4.72 Å². The minimum atomic E-state index is -4.52. The van der Waals surface area contributed by atoms with E-state index in [1.165, 1.54) is 4.72 Å². The molecule has 0 aromatic heterocycles. The van der Waals surface area contributed by atoms with E-state index in [-0.39, 0.29) is 5.88 Å². The van der Waals surface area contributed by atoms with Gasteiger partial charge < -0.3 is 5.73 Å². The Morgan fingerprint density at radius 1 is 1.73 bits per heavy atom. The van der Waals surface area contributed by atoms with Gasteiger partial charge in [-0.2, -0.15) is 8.42 Å². The van der Waals surface area contributed by atoms with Crippen molar-refractivity contribution in [2.75, 3.05) is 5.88 Å². The van der Waals surface area contributed by atoms with E-state index in [1.54, 1.807) is 0 Å². The Labute approximate surface area is 68.6 Å². The zero-order valence-electron chi connectivity index (χ0n) is 5.32. The Hall–Kier alpha value is -0.370. The molecule has 66 valence electrons. The Morgan fingerprint density at radius 3 is 2.45 bits per heavy atom. The van der Waals surface area contributed by atoms with Crippen LogP contribution in [-0.2, 0) is 15.1 Å². The van der Waals surface area contributed by atoms with Gasteiger partial charge in [0.1, 0.15) is 0 Å². The lowest BCUT2D eigenvalue weighted by Crippen LogP contribution is -2.44. The van der Waals surface area contributed by atoms with Crippen LogP contribution in [0.25, 0.3) is 0 Å². The average Bonchev–Trinajstić information content (AvgIpc) is 1.82. The number of carbonyl (C=O) groups excluding carboxylic acids is 1. The molecule has 0 radical (unpaired) electrons. The van der Waals surface area contributed by atoms with Gasteiger partial charge in [0, 0.05) is 5.88 Å². The van der Waals surface area contributed by atoms with Gasteiger partial charge in [-0.3, -0.25) is 9.35 Å². The third-order valence-electron chi connectivity index (χ3n) is 0.733. The molecule has 0 rings (SSSR count). The first-order chi connectivity index (χ1) is 4.87. The highest BCUT2D eigenvalue weighted by molar-refractivity contribution is 7.84. The molecule has 0 aromatic rings. The summed E-state index contributed by atoms with van der Waals surface area (Å²) >= 11 is 5.11. The second-order valence-corrected chi connectivity index (χ2v) is 3.17. The van der Waals surface area contributed by atoms with Crippen molar-refractivity contribution in [1.29, 1.82) is 0 Å². The van der Waals surface area contributed by atoms with E-state index in [2.05, 4.69) is 0 Å². The van der Waals surface area contributed by atoms with Crippen LogP contribution in [0.1, 0.15) is 0 Å². The van der Waals surface area contributed by atoms with Gasteiger partial charge in [-0.15, -0.1) is 11.6 Å². The first-order valence-electron chi connectivity index (χ1n) is 2.47. The molecule has 0 aliphatic rings. The molecule has 0 saturated heterocycles. The number of halogens is 1. The van der Waals surface area contributed by atoms with Crippen LogP contribution in [-0.4, -0.2) is 30.8 Å². The molecule has 0 saturated carbocycles. The van der Waals surface area contributed by atoms with E-state index >= 15 is 0 Å². The maximum Gasteiger partial charge on any atom is 0.359 e. The topological polar surface area (TPSA) is 109 Å². The van der Waals surface area contributed by atoms with Crippen molar-refractivity contribution in [3.05, 3.63) is 0 Å². The SMILES string of the molecule is N[C@@H](CCl)C(=O)NS(=O)(=O)O. The van der Waals surface area contributed by atoms with Crippen LogP contribution in [0.4, 0.5) is 0 Å². The van der Waals surface area contributed by atoms with E-state index in [0.29, 0.717) is 0 Å². The summed E-state index contributed by atoms with van der Waals surface area (Å²) in [5.41, 5.74) is 5.00. The van der Waals surface area contributed by atoms with E-state index in [1.807, 2.05) is 0 Å². The molecule has 4 N–H and O–H groups in total.